The third-order valence-electron chi connectivity index (χ3n) is 7.33. The highest BCUT2D eigenvalue weighted by molar-refractivity contribution is 7.96. The summed E-state index contributed by atoms with van der Waals surface area (Å²) >= 11 is 1.78. The first-order chi connectivity index (χ1) is 18.0. The van der Waals surface area contributed by atoms with Gasteiger partial charge in [0.25, 0.3) is 0 Å². The molecule has 0 radical (unpaired) electrons. The fourth-order valence-corrected chi connectivity index (χ4v) is 5.67. The smallest absolute Gasteiger partial charge is 0.316 e. The van der Waals surface area contributed by atoms with Crippen molar-refractivity contribution in [3.05, 3.63) is 70.8 Å². The molecule has 0 amide bonds. The molecular weight excluding hydrogens is 486 g/mol. The van der Waals surface area contributed by atoms with Crippen molar-refractivity contribution in [1.29, 1.82) is 0 Å². The fraction of sp³-hybridized carbons (Fsp3) is 0.370. The number of rotatable bonds is 8. The molecule has 0 atom stereocenters. The van der Waals surface area contributed by atoms with Gasteiger partial charge in [-0.05, 0) is 42.7 Å². The fourth-order valence-electron chi connectivity index (χ4n) is 4.62. The molecule has 37 heavy (non-hydrogen) atoms. The first-order valence-corrected chi connectivity index (χ1v) is 13.6. The molecule has 1 saturated carbocycles. The van der Waals surface area contributed by atoms with Crippen LogP contribution in [0.5, 0.6) is 5.75 Å². The number of fused-ring (bicyclic) bond motifs is 1. The Morgan fingerprint density at radius 3 is 2.62 bits per heavy atom. The molecule has 3 heterocycles. The maximum Gasteiger partial charge on any atom is 0.316 e. The highest BCUT2D eigenvalue weighted by Gasteiger charge is 2.39. The van der Waals surface area contributed by atoms with E-state index in [0.29, 0.717) is 12.4 Å². The minimum atomic E-state index is -0.214. The molecule has 6 rings (SSSR count). The molecule has 9 nitrogen and oxygen atoms in total. The van der Waals surface area contributed by atoms with Crippen LogP contribution in [0.4, 0.5) is 11.4 Å². The molecular formula is C27H31N7O2S. The van der Waals surface area contributed by atoms with Crippen LogP contribution in [-0.4, -0.2) is 57.1 Å². The Hall–Kier alpha value is -3.50. The number of aromatic nitrogens is 4. The van der Waals surface area contributed by atoms with Crippen molar-refractivity contribution < 1.29 is 4.74 Å². The molecule has 0 spiro atoms. The van der Waals surface area contributed by atoms with Crippen molar-refractivity contribution in [2.45, 2.75) is 25.5 Å². The number of aromatic amines is 1. The summed E-state index contributed by atoms with van der Waals surface area (Å²) in [6, 6.07) is 13.4. The summed E-state index contributed by atoms with van der Waals surface area (Å²) in [4.78, 5) is 15.7. The average molecular weight is 518 g/mol. The number of hydrogen-bond acceptors (Lipinski definition) is 8. The van der Waals surface area contributed by atoms with E-state index in [9.17, 15) is 4.79 Å². The first kappa shape index (κ1) is 23.9. The molecule has 10 heteroatoms. The topological polar surface area (TPSA) is 105 Å². The maximum atomic E-state index is 13.5. The van der Waals surface area contributed by atoms with E-state index in [1.165, 1.54) is 4.68 Å². The summed E-state index contributed by atoms with van der Waals surface area (Å²) in [5.41, 5.74) is 10.6. The van der Waals surface area contributed by atoms with Crippen molar-refractivity contribution in [2.75, 3.05) is 43.4 Å². The lowest BCUT2D eigenvalue weighted by atomic mass is 10.1. The van der Waals surface area contributed by atoms with Gasteiger partial charge in [-0.2, -0.15) is 14.9 Å². The van der Waals surface area contributed by atoms with Crippen LogP contribution in [0, 0.1) is 5.41 Å². The number of nitrogens with two attached hydrogens (primary N) is 1. The largest absolute Gasteiger partial charge is 0.486 e. The number of nitrogen functional groups attached to an aromatic ring is 1. The Balaban J connectivity index is 1.17. The number of benzene rings is 2. The van der Waals surface area contributed by atoms with Crippen molar-refractivity contribution >= 4 is 34.2 Å². The molecule has 1 aliphatic heterocycles. The maximum absolute atomic E-state index is 13.5. The van der Waals surface area contributed by atoms with E-state index in [1.54, 1.807) is 18.1 Å². The lowest BCUT2D eigenvalue weighted by Crippen LogP contribution is -2.44. The molecule has 2 fully saturated rings. The number of piperazine rings is 1. The van der Waals surface area contributed by atoms with Crippen LogP contribution in [0.3, 0.4) is 0 Å². The zero-order chi connectivity index (χ0) is 25.4. The Morgan fingerprint density at radius 2 is 1.86 bits per heavy atom. The average Bonchev–Trinajstić information content (AvgIpc) is 3.46. The molecule has 4 aromatic rings. The molecule has 1 saturated heterocycles. The van der Waals surface area contributed by atoms with E-state index in [0.717, 1.165) is 78.3 Å². The van der Waals surface area contributed by atoms with Gasteiger partial charge in [0.2, 0.25) is 5.75 Å². The van der Waals surface area contributed by atoms with Gasteiger partial charge in [0, 0.05) is 48.4 Å². The van der Waals surface area contributed by atoms with Crippen LogP contribution in [0.25, 0.3) is 16.6 Å². The highest BCUT2D eigenvalue weighted by atomic mass is 32.2. The van der Waals surface area contributed by atoms with Gasteiger partial charge < -0.3 is 15.4 Å². The second kappa shape index (κ2) is 9.75. The number of ether oxygens (including phenoxy) is 1. The summed E-state index contributed by atoms with van der Waals surface area (Å²) in [5, 5.41) is 12.8. The van der Waals surface area contributed by atoms with Crippen LogP contribution in [-0.2, 0) is 5.75 Å². The van der Waals surface area contributed by atoms with E-state index in [4.69, 9.17) is 10.5 Å². The highest BCUT2D eigenvalue weighted by Crippen LogP contribution is 2.45. The predicted octanol–water partition coefficient (Wildman–Crippen LogP) is 3.84. The van der Waals surface area contributed by atoms with Gasteiger partial charge in [-0.25, -0.2) is 4.31 Å². The standard InChI is InChI=1S/C27H31N7O2S/c1-27(9-10-27)18-36-25-24(16-30-34(26(25)35)19-5-3-2-4-6-19)32-11-13-33(14-12-32)37-17-21-20-15-29-31-23(20)8-7-22(21)28/h2-8,15-16H,9-14,17-18,28H2,1H3,(H,29,31). The molecule has 0 bridgehead atoms. The van der Waals surface area contributed by atoms with Gasteiger partial charge in [0.1, 0.15) is 5.69 Å². The predicted molar refractivity (Wildman–Crippen MR) is 148 cm³/mol. The minimum absolute atomic E-state index is 0.166. The summed E-state index contributed by atoms with van der Waals surface area (Å²) in [5.74, 6) is 1.18. The van der Waals surface area contributed by atoms with Gasteiger partial charge >= 0.3 is 5.56 Å². The molecule has 0 unspecified atom stereocenters. The van der Waals surface area contributed by atoms with Crippen LogP contribution in [0.1, 0.15) is 25.3 Å². The number of anilines is 2. The molecule has 192 valence electrons. The molecule has 2 aliphatic rings. The number of para-hydroxylation sites is 1. The zero-order valence-electron chi connectivity index (χ0n) is 20.9. The Morgan fingerprint density at radius 1 is 1.08 bits per heavy atom. The van der Waals surface area contributed by atoms with Gasteiger partial charge in [0.05, 0.1) is 30.2 Å². The number of nitrogens with zero attached hydrogens (tertiary/aromatic N) is 5. The Labute approximate surface area is 219 Å². The van der Waals surface area contributed by atoms with E-state index in [2.05, 4.69) is 31.4 Å². The lowest BCUT2D eigenvalue weighted by molar-refractivity contribution is 0.243. The number of H-pyrrole nitrogens is 1. The summed E-state index contributed by atoms with van der Waals surface area (Å²) in [6.07, 6.45) is 5.89. The van der Waals surface area contributed by atoms with Crippen LogP contribution in [0.2, 0.25) is 0 Å². The molecule has 3 N–H and O–H groups in total. The van der Waals surface area contributed by atoms with Crippen LogP contribution in [0.15, 0.2) is 59.7 Å². The van der Waals surface area contributed by atoms with Gasteiger partial charge in [-0.3, -0.25) is 9.89 Å². The monoisotopic (exact) mass is 517 g/mol. The Bertz CT molecular complexity index is 1460. The van der Waals surface area contributed by atoms with Crippen LogP contribution < -0.4 is 20.9 Å². The second-order valence-corrected chi connectivity index (χ2v) is 11.2. The van der Waals surface area contributed by atoms with Crippen molar-refractivity contribution in [3.63, 3.8) is 0 Å². The van der Waals surface area contributed by atoms with Gasteiger partial charge in [0.15, 0.2) is 0 Å². The molecule has 2 aromatic heterocycles. The summed E-state index contributed by atoms with van der Waals surface area (Å²) in [6.45, 7) is 6.02. The van der Waals surface area contributed by atoms with Crippen molar-refractivity contribution in [2.24, 2.45) is 5.41 Å². The number of nitrogens with one attached hydrogen (secondary N) is 1. The summed E-state index contributed by atoms with van der Waals surface area (Å²) < 4.78 is 10.0. The minimum Gasteiger partial charge on any atom is -0.486 e. The quantitative estimate of drug-likeness (QED) is 0.268. The first-order valence-electron chi connectivity index (χ1n) is 12.6. The molecule has 1 aliphatic carbocycles. The SMILES string of the molecule is CC1(COc2c(N3CCN(SCc4c(N)ccc5[nH]ncc45)CC3)cnn(-c3ccccc3)c2=O)CC1. The lowest BCUT2D eigenvalue weighted by Gasteiger charge is -2.35. The van der Waals surface area contributed by atoms with E-state index in [1.807, 2.05) is 48.7 Å². The van der Waals surface area contributed by atoms with Gasteiger partial charge in [-0.15, -0.1) is 0 Å². The van der Waals surface area contributed by atoms with Crippen molar-refractivity contribution in [3.8, 4) is 11.4 Å². The second-order valence-electron chi connectivity index (χ2n) is 10.2. The molecule has 2 aromatic carbocycles. The summed E-state index contributed by atoms with van der Waals surface area (Å²) in [7, 11) is 0. The van der Waals surface area contributed by atoms with E-state index >= 15 is 0 Å². The number of hydrogen-bond donors (Lipinski definition) is 2. The third kappa shape index (κ3) is 4.91. The van der Waals surface area contributed by atoms with Crippen LogP contribution >= 0.6 is 11.9 Å². The van der Waals surface area contributed by atoms with Gasteiger partial charge in [-0.1, -0.05) is 37.1 Å². The third-order valence-corrected chi connectivity index (χ3v) is 8.47. The normalized spacial score (nSPS) is 17.3. The van der Waals surface area contributed by atoms with E-state index in [-0.39, 0.29) is 11.0 Å². The Kier molecular flexibility index (Phi) is 6.29. The zero-order valence-corrected chi connectivity index (χ0v) is 21.7. The van der Waals surface area contributed by atoms with Crippen molar-refractivity contribution in [1.82, 2.24) is 24.3 Å². The van der Waals surface area contributed by atoms with E-state index < -0.39 is 0 Å².